The molecule has 2 aromatic rings. The van der Waals surface area contributed by atoms with E-state index in [9.17, 15) is 14.7 Å². The predicted octanol–water partition coefficient (Wildman–Crippen LogP) is 1.59. The van der Waals surface area contributed by atoms with Gasteiger partial charge in [0.1, 0.15) is 5.01 Å². The van der Waals surface area contributed by atoms with Crippen LogP contribution in [0.3, 0.4) is 0 Å². The smallest absolute Gasteiger partial charge is 0.252 e. The monoisotopic (exact) mass is 402 g/mol. The van der Waals surface area contributed by atoms with Gasteiger partial charge < -0.3 is 5.11 Å². The molecule has 3 rings (SSSR count). The van der Waals surface area contributed by atoms with Crippen molar-refractivity contribution in [2.45, 2.75) is 32.3 Å². The Balaban J connectivity index is 1.36. The number of hydrogen-bond donors (Lipinski definition) is 3. The fourth-order valence-electron chi connectivity index (χ4n) is 3.40. The number of carbonyl (C=O) groups is 2. The number of benzene rings is 1. The van der Waals surface area contributed by atoms with Crippen molar-refractivity contribution in [3.05, 3.63) is 52.0 Å². The van der Waals surface area contributed by atoms with Crippen molar-refractivity contribution in [2.24, 2.45) is 5.92 Å². The first kappa shape index (κ1) is 20.4. The van der Waals surface area contributed by atoms with E-state index in [1.165, 1.54) is 11.3 Å². The molecule has 0 spiro atoms. The summed E-state index contributed by atoms with van der Waals surface area (Å²) in [5.74, 6) is -0.332. The molecule has 0 bridgehead atoms. The Kier molecular flexibility index (Phi) is 7.13. The summed E-state index contributed by atoms with van der Waals surface area (Å²) in [6.45, 7) is 3.59. The van der Waals surface area contributed by atoms with E-state index in [-0.39, 0.29) is 30.7 Å². The molecule has 1 aromatic carbocycles. The molecule has 0 radical (unpaired) electrons. The van der Waals surface area contributed by atoms with Crippen molar-refractivity contribution in [2.75, 3.05) is 19.6 Å². The molecule has 2 heterocycles. The highest BCUT2D eigenvalue weighted by molar-refractivity contribution is 7.09. The standard InChI is InChI=1S/C20H26N4O3S/c1-14-13-28-19(21-14)11-17(25)22-23-18(26)12-24-9-7-16(8-10-24)20(27)15-5-3-2-4-6-15/h2-6,13,16,20,27H,7-12H2,1H3,(H,22,25)(H,23,26). The number of nitrogens with zero attached hydrogens (tertiary/aromatic N) is 2. The number of hydrazine groups is 1. The molecule has 0 aliphatic carbocycles. The van der Waals surface area contributed by atoms with Gasteiger partial charge in [-0.1, -0.05) is 30.3 Å². The van der Waals surface area contributed by atoms with E-state index in [1.807, 2.05) is 47.5 Å². The largest absolute Gasteiger partial charge is 0.388 e. The molecule has 1 aromatic heterocycles. The van der Waals surface area contributed by atoms with E-state index in [1.54, 1.807) is 0 Å². The van der Waals surface area contributed by atoms with Gasteiger partial charge in [0.05, 0.1) is 19.1 Å². The molecule has 3 N–H and O–H groups in total. The number of aliphatic hydroxyl groups excluding tert-OH is 1. The van der Waals surface area contributed by atoms with E-state index in [0.717, 1.165) is 42.2 Å². The normalized spacial score (nSPS) is 16.5. The summed E-state index contributed by atoms with van der Waals surface area (Å²) in [5, 5.41) is 13.1. The zero-order valence-corrected chi connectivity index (χ0v) is 16.7. The van der Waals surface area contributed by atoms with Crippen LogP contribution in [0.15, 0.2) is 35.7 Å². The molecule has 1 aliphatic rings. The molecule has 1 unspecified atom stereocenters. The first-order valence-corrected chi connectivity index (χ1v) is 10.3. The Hall–Kier alpha value is -2.29. The maximum atomic E-state index is 12.1. The first-order valence-electron chi connectivity index (χ1n) is 9.45. The molecule has 7 nitrogen and oxygen atoms in total. The van der Waals surface area contributed by atoms with Gasteiger partial charge in [-0.05, 0) is 44.3 Å². The van der Waals surface area contributed by atoms with E-state index in [4.69, 9.17) is 0 Å². The van der Waals surface area contributed by atoms with Crippen LogP contribution in [0.4, 0.5) is 0 Å². The van der Waals surface area contributed by atoms with Crippen molar-refractivity contribution in [3.8, 4) is 0 Å². The van der Waals surface area contributed by atoms with E-state index in [2.05, 4.69) is 15.8 Å². The minimum Gasteiger partial charge on any atom is -0.388 e. The number of carbonyl (C=O) groups excluding carboxylic acids is 2. The zero-order valence-electron chi connectivity index (χ0n) is 15.9. The summed E-state index contributed by atoms with van der Waals surface area (Å²) in [6.07, 6.45) is 1.35. The molecule has 8 heteroatoms. The van der Waals surface area contributed by atoms with Crippen molar-refractivity contribution in [3.63, 3.8) is 0 Å². The number of thiazole rings is 1. The van der Waals surface area contributed by atoms with Crippen LogP contribution in [-0.2, 0) is 16.0 Å². The Labute approximate surface area is 168 Å². The quantitative estimate of drug-likeness (QED) is 0.638. The van der Waals surface area contributed by atoms with Crippen LogP contribution in [0.1, 0.15) is 35.2 Å². The van der Waals surface area contributed by atoms with Gasteiger partial charge in [0.15, 0.2) is 0 Å². The Morgan fingerprint density at radius 1 is 1.21 bits per heavy atom. The van der Waals surface area contributed by atoms with Crippen LogP contribution in [0.2, 0.25) is 0 Å². The van der Waals surface area contributed by atoms with Gasteiger partial charge in [-0.15, -0.1) is 11.3 Å². The number of aliphatic hydroxyl groups is 1. The summed E-state index contributed by atoms with van der Waals surface area (Å²) >= 11 is 1.43. The van der Waals surface area contributed by atoms with Gasteiger partial charge in [0.2, 0.25) is 5.91 Å². The summed E-state index contributed by atoms with van der Waals surface area (Å²) < 4.78 is 0. The average Bonchev–Trinajstić information content (AvgIpc) is 3.11. The van der Waals surface area contributed by atoms with E-state index >= 15 is 0 Å². The van der Waals surface area contributed by atoms with Crippen molar-refractivity contribution >= 4 is 23.2 Å². The highest BCUT2D eigenvalue weighted by Gasteiger charge is 2.27. The number of piperidine rings is 1. The number of aromatic nitrogens is 1. The number of amides is 2. The third-order valence-corrected chi connectivity index (χ3v) is 5.87. The molecule has 2 amide bonds. The van der Waals surface area contributed by atoms with Crippen molar-refractivity contribution in [1.29, 1.82) is 0 Å². The minimum atomic E-state index is -0.467. The maximum absolute atomic E-state index is 12.1. The summed E-state index contributed by atoms with van der Waals surface area (Å²) in [5.41, 5.74) is 6.73. The zero-order chi connectivity index (χ0) is 19.9. The van der Waals surface area contributed by atoms with Crippen molar-refractivity contribution in [1.82, 2.24) is 20.7 Å². The second-order valence-electron chi connectivity index (χ2n) is 7.12. The second kappa shape index (κ2) is 9.77. The van der Waals surface area contributed by atoms with Gasteiger partial charge in [-0.2, -0.15) is 0 Å². The van der Waals surface area contributed by atoms with Gasteiger partial charge in [0, 0.05) is 11.1 Å². The molecular weight excluding hydrogens is 376 g/mol. The second-order valence-corrected chi connectivity index (χ2v) is 8.07. The van der Waals surface area contributed by atoms with Crippen LogP contribution < -0.4 is 10.9 Å². The number of hydrogen-bond acceptors (Lipinski definition) is 6. The van der Waals surface area contributed by atoms with Crippen LogP contribution >= 0.6 is 11.3 Å². The SMILES string of the molecule is Cc1csc(CC(=O)NNC(=O)CN2CCC(C(O)c3ccccc3)CC2)n1. The fraction of sp³-hybridized carbons (Fsp3) is 0.450. The first-order chi connectivity index (χ1) is 13.5. The third-order valence-electron chi connectivity index (χ3n) is 4.91. The van der Waals surface area contributed by atoms with Gasteiger partial charge >= 0.3 is 0 Å². The lowest BCUT2D eigenvalue weighted by Gasteiger charge is -2.33. The van der Waals surface area contributed by atoms with Crippen LogP contribution in [0.5, 0.6) is 0 Å². The Morgan fingerprint density at radius 3 is 2.54 bits per heavy atom. The third kappa shape index (κ3) is 5.85. The van der Waals surface area contributed by atoms with Crippen LogP contribution in [0.25, 0.3) is 0 Å². The average molecular weight is 403 g/mol. The van der Waals surface area contributed by atoms with Gasteiger partial charge in [-0.3, -0.25) is 25.3 Å². The number of aryl methyl sites for hydroxylation is 1. The lowest BCUT2D eigenvalue weighted by Crippen LogP contribution is -2.48. The Bertz CT molecular complexity index is 788. The van der Waals surface area contributed by atoms with Gasteiger partial charge in [-0.25, -0.2) is 4.98 Å². The highest BCUT2D eigenvalue weighted by Crippen LogP contribution is 2.30. The topological polar surface area (TPSA) is 94.6 Å². The summed E-state index contributed by atoms with van der Waals surface area (Å²) in [7, 11) is 0. The molecule has 1 fully saturated rings. The number of rotatable bonds is 6. The lowest BCUT2D eigenvalue weighted by molar-refractivity contribution is -0.129. The van der Waals surface area contributed by atoms with Crippen molar-refractivity contribution < 1.29 is 14.7 Å². The van der Waals surface area contributed by atoms with Crippen LogP contribution in [0, 0.1) is 12.8 Å². The van der Waals surface area contributed by atoms with Gasteiger partial charge in [0.25, 0.3) is 5.91 Å². The number of nitrogens with one attached hydrogen (secondary N) is 2. The molecular formula is C20H26N4O3S. The van der Waals surface area contributed by atoms with E-state index < -0.39 is 6.10 Å². The molecule has 1 saturated heterocycles. The molecule has 150 valence electrons. The molecule has 1 atom stereocenters. The number of likely N-dealkylation sites (tertiary alicyclic amines) is 1. The van der Waals surface area contributed by atoms with E-state index in [0.29, 0.717) is 0 Å². The predicted molar refractivity (Wildman–Crippen MR) is 107 cm³/mol. The highest BCUT2D eigenvalue weighted by atomic mass is 32.1. The fourth-order valence-corrected chi connectivity index (χ4v) is 4.17. The molecule has 0 saturated carbocycles. The van der Waals surface area contributed by atoms with Crippen LogP contribution in [-0.4, -0.2) is 46.4 Å². The molecule has 28 heavy (non-hydrogen) atoms. The maximum Gasteiger partial charge on any atom is 0.252 e. The lowest BCUT2D eigenvalue weighted by atomic mass is 9.87. The molecule has 1 aliphatic heterocycles. The minimum absolute atomic E-state index is 0.154. The Morgan fingerprint density at radius 2 is 1.89 bits per heavy atom. The summed E-state index contributed by atoms with van der Waals surface area (Å²) in [6, 6.07) is 9.69. The summed E-state index contributed by atoms with van der Waals surface area (Å²) in [4.78, 5) is 30.2.